The van der Waals surface area contributed by atoms with Gasteiger partial charge in [-0.2, -0.15) is 0 Å². The van der Waals surface area contributed by atoms with E-state index in [1.54, 1.807) is 18.2 Å². The van der Waals surface area contributed by atoms with E-state index in [9.17, 15) is 9.59 Å². The number of carbonyl (C=O) groups is 2. The molecule has 1 aromatic rings. The number of benzene rings is 1. The van der Waals surface area contributed by atoms with E-state index < -0.39 is 6.10 Å². The molecule has 1 saturated heterocycles. The number of hydrogen-bond donors (Lipinski definition) is 1. The number of nitrogens with one attached hydrogen (secondary N) is 1. The highest BCUT2D eigenvalue weighted by molar-refractivity contribution is 6.34. The Morgan fingerprint density at radius 3 is 2.56 bits per heavy atom. The molecule has 1 aromatic carbocycles. The average Bonchev–Trinajstić information content (AvgIpc) is 3.16. The van der Waals surface area contributed by atoms with Gasteiger partial charge < -0.3 is 15.0 Å². The monoisotopic (exact) mass is 364 g/mol. The first-order chi connectivity index (χ1) is 12.1. The number of amides is 2. The highest BCUT2D eigenvalue weighted by Gasteiger charge is 2.26. The molecule has 1 aliphatic carbocycles. The third kappa shape index (κ3) is 4.33. The fourth-order valence-electron chi connectivity index (χ4n) is 3.60. The molecule has 1 N–H and O–H groups in total. The minimum Gasteiger partial charge on any atom is -0.368 e. The summed E-state index contributed by atoms with van der Waals surface area (Å²) in [6, 6.07) is 5.34. The van der Waals surface area contributed by atoms with Gasteiger partial charge in [-0.05, 0) is 43.9 Å². The minimum atomic E-state index is -0.391. The van der Waals surface area contributed by atoms with Gasteiger partial charge in [0.1, 0.15) is 6.10 Å². The maximum absolute atomic E-state index is 12.7. The maximum atomic E-state index is 12.7. The van der Waals surface area contributed by atoms with Crippen LogP contribution in [0.2, 0.25) is 5.02 Å². The van der Waals surface area contributed by atoms with Crippen molar-refractivity contribution in [2.45, 2.75) is 57.1 Å². The lowest BCUT2D eigenvalue weighted by atomic mass is 9.94. The molecule has 0 radical (unpaired) electrons. The topological polar surface area (TPSA) is 58.6 Å². The van der Waals surface area contributed by atoms with Crippen LogP contribution in [-0.4, -0.2) is 42.5 Å². The molecule has 1 saturated carbocycles. The lowest BCUT2D eigenvalue weighted by Crippen LogP contribution is -2.38. The number of carbonyl (C=O) groups excluding carboxylic acids is 2. The molecule has 2 fully saturated rings. The van der Waals surface area contributed by atoms with Gasteiger partial charge in [0.25, 0.3) is 11.8 Å². The standard InChI is InChI=1S/C19H25ClN2O3/c1-22(14-6-3-2-4-7-14)19(24)15-10-9-13(12-16(15)20)21-18(23)17-8-5-11-25-17/h9-10,12,14,17H,2-8,11H2,1H3,(H,21,23). The smallest absolute Gasteiger partial charge is 0.255 e. The van der Waals surface area contributed by atoms with Crippen molar-refractivity contribution < 1.29 is 14.3 Å². The number of anilines is 1. The van der Waals surface area contributed by atoms with Crippen LogP contribution in [0.25, 0.3) is 0 Å². The van der Waals surface area contributed by atoms with E-state index in [2.05, 4.69) is 5.32 Å². The first kappa shape index (κ1) is 18.2. The molecule has 1 atom stereocenters. The van der Waals surface area contributed by atoms with Crippen LogP contribution in [0.3, 0.4) is 0 Å². The van der Waals surface area contributed by atoms with Gasteiger partial charge in [-0.15, -0.1) is 0 Å². The Morgan fingerprint density at radius 1 is 1.16 bits per heavy atom. The van der Waals surface area contributed by atoms with Crippen molar-refractivity contribution in [2.75, 3.05) is 19.0 Å². The Bertz CT molecular complexity index is 638. The van der Waals surface area contributed by atoms with Gasteiger partial charge in [0, 0.05) is 25.4 Å². The quantitative estimate of drug-likeness (QED) is 0.882. The summed E-state index contributed by atoms with van der Waals surface area (Å²) in [7, 11) is 1.85. The number of ether oxygens (including phenoxy) is 1. The summed E-state index contributed by atoms with van der Waals surface area (Å²) in [4.78, 5) is 26.7. The van der Waals surface area contributed by atoms with Gasteiger partial charge in [-0.3, -0.25) is 9.59 Å². The van der Waals surface area contributed by atoms with Gasteiger partial charge in [-0.25, -0.2) is 0 Å². The van der Waals surface area contributed by atoms with E-state index in [1.165, 1.54) is 19.3 Å². The largest absolute Gasteiger partial charge is 0.368 e. The van der Waals surface area contributed by atoms with Gasteiger partial charge in [0.05, 0.1) is 10.6 Å². The van der Waals surface area contributed by atoms with Crippen molar-refractivity contribution in [3.8, 4) is 0 Å². The van der Waals surface area contributed by atoms with Crippen LogP contribution < -0.4 is 5.32 Å². The van der Waals surface area contributed by atoms with Crippen molar-refractivity contribution in [3.05, 3.63) is 28.8 Å². The summed E-state index contributed by atoms with van der Waals surface area (Å²) in [5.74, 6) is -0.221. The van der Waals surface area contributed by atoms with Crippen LogP contribution in [0.4, 0.5) is 5.69 Å². The van der Waals surface area contributed by atoms with Gasteiger partial charge in [0.2, 0.25) is 0 Å². The van der Waals surface area contributed by atoms with E-state index in [0.717, 1.165) is 25.7 Å². The normalized spacial score (nSPS) is 21.1. The Kier molecular flexibility index (Phi) is 5.97. The Labute approximate surface area is 153 Å². The molecule has 2 aliphatic rings. The number of halogens is 1. The van der Waals surface area contributed by atoms with Gasteiger partial charge in [-0.1, -0.05) is 30.9 Å². The molecule has 25 heavy (non-hydrogen) atoms. The summed E-state index contributed by atoms with van der Waals surface area (Å²) in [5.41, 5.74) is 1.06. The third-order valence-corrected chi connectivity index (χ3v) is 5.44. The van der Waals surface area contributed by atoms with E-state index in [4.69, 9.17) is 16.3 Å². The molecule has 1 heterocycles. The highest BCUT2D eigenvalue weighted by Crippen LogP contribution is 2.27. The summed E-state index contributed by atoms with van der Waals surface area (Å²) in [5, 5.41) is 3.17. The summed E-state index contributed by atoms with van der Waals surface area (Å²) < 4.78 is 5.37. The number of hydrogen-bond acceptors (Lipinski definition) is 3. The molecule has 136 valence electrons. The number of rotatable bonds is 4. The molecule has 5 nitrogen and oxygen atoms in total. The third-order valence-electron chi connectivity index (χ3n) is 5.13. The van der Waals surface area contributed by atoms with Crippen LogP contribution in [0.15, 0.2) is 18.2 Å². The van der Waals surface area contributed by atoms with Crippen LogP contribution in [0, 0.1) is 0 Å². The molecule has 1 unspecified atom stereocenters. The second kappa shape index (κ2) is 8.19. The van der Waals surface area contributed by atoms with E-state index in [-0.39, 0.29) is 17.9 Å². The maximum Gasteiger partial charge on any atom is 0.255 e. The van der Waals surface area contributed by atoms with Crippen molar-refractivity contribution >= 4 is 29.1 Å². The lowest BCUT2D eigenvalue weighted by Gasteiger charge is -2.31. The molecule has 1 aliphatic heterocycles. The Hall–Kier alpha value is -1.59. The van der Waals surface area contributed by atoms with Crippen LogP contribution in [0.1, 0.15) is 55.3 Å². The summed E-state index contributed by atoms with van der Waals surface area (Å²) in [6.45, 7) is 0.625. The first-order valence-corrected chi connectivity index (χ1v) is 9.43. The predicted octanol–water partition coefficient (Wildman–Crippen LogP) is 3.86. The summed E-state index contributed by atoms with van der Waals surface area (Å²) >= 11 is 6.32. The molecule has 0 spiro atoms. The fraction of sp³-hybridized carbons (Fsp3) is 0.579. The molecule has 0 bridgehead atoms. The SMILES string of the molecule is CN(C(=O)c1ccc(NC(=O)C2CCCO2)cc1Cl)C1CCCCC1. The van der Waals surface area contributed by atoms with Gasteiger partial charge >= 0.3 is 0 Å². The molecule has 2 amide bonds. The van der Waals surface area contributed by atoms with Crippen LogP contribution in [-0.2, 0) is 9.53 Å². The Balaban J connectivity index is 1.66. The molecule has 0 aromatic heterocycles. The minimum absolute atomic E-state index is 0.0612. The second-order valence-corrected chi connectivity index (χ2v) is 7.30. The van der Waals surface area contributed by atoms with Crippen molar-refractivity contribution in [1.29, 1.82) is 0 Å². The van der Waals surface area contributed by atoms with Crippen LogP contribution >= 0.6 is 11.6 Å². The summed E-state index contributed by atoms with van der Waals surface area (Å²) in [6.07, 6.45) is 6.94. The van der Waals surface area contributed by atoms with Crippen molar-refractivity contribution in [1.82, 2.24) is 4.90 Å². The zero-order valence-electron chi connectivity index (χ0n) is 14.6. The van der Waals surface area contributed by atoms with Crippen LogP contribution in [0.5, 0.6) is 0 Å². The first-order valence-electron chi connectivity index (χ1n) is 9.05. The molecule has 6 heteroatoms. The van der Waals surface area contributed by atoms with E-state index >= 15 is 0 Å². The Morgan fingerprint density at radius 2 is 1.92 bits per heavy atom. The second-order valence-electron chi connectivity index (χ2n) is 6.89. The van der Waals surface area contributed by atoms with Crippen molar-refractivity contribution in [2.24, 2.45) is 0 Å². The molecule has 3 rings (SSSR count). The average molecular weight is 365 g/mol. The van der Waals surface area contributed by atoms with Gasteiger partial charge in [0.15, 0.2) is 0 Å². The molecular weight excluding hydrogens is 340 g/mol. The van der Waals surface area contributed by atoms with E-state index in [1.807, 2.05) is 11.9 Å². The highest BCUT2D eigenvalue weighted by atomic mass is 35.5. The van der Waals surface area contributed by atoms with Crippen molar-refractivity contribution in [3.63, 3.8) is 0 Å². The fourth-order valence-corrected chi connectivity index (χ4v) is 3.86. The zero-order chi connectivity index (χ0) is 17.8. The predicted molar refractivity (Wildman–Crippen MR) is 98.0 cm³/mol. The zero-order valence-corrected chi connectivity index (χ0v) is 15.3. The number of nitrogens with zero attached hydrogens (tertiary/aromatic N) is 1. The van der Waals surface area contributed by atoms with E-state index in [0.29, 0.717) is 22.9 Å². The molecular formula is C19H25ClN2O3. The lowest BCUT2D eigenvalue weighted by molar-refractivity contribution is -0.124.